The lowest BCUT2D eigenvalue weighted by molar-refractivity contribution is 0.0675. The first-order valence-corrected chi connectivity index (χ1v) is 11.8. The van der Waals surface area contributed by atoms with Crippen LogP contribution in [0.15, 0.2) is 66.0 Å². The third-order valence-corrected chi connectivity index (χ3v) is 7.16. The van der Waals surface area contributed by atoms with Crippen molar-refractivity contribution in [2.24, 2.45) is 5.11 Å². The summed E-state index contributed by atoms with van der Waals surface area (Å²) >= 11 is 0. The molecule has 1 spiro atoms. The molecule has 1 amide bonds. The number of ether oxygens (including phenoxy) is 1. The maximum atomic E-state index is 13.7. The standard InChI is InChI=1S/C26H24N8O2/c1-36-18-6-7-22-20(15-18)31-26(23-5-3-11-34(22)23)8-12-33(13-9-26)25(35)19-14-17-4-2-10-28-24(17)30-21(19)16-29-32-27/h2-7,10-11,14-15,31H,8-9,12-13,16H2,1H3. The van der Waals surface area contributed by atoms with Gasteiger partial charge in [0.1, 0.15) is 5.75 Å². The molecule has 4 aromatic rings. The molecule has 10 nitrogen and oxygen atoms in total. The molecule has 1 N–H and O–H groups in total. The highest BCUT2D eigenvalue weighted by Crippen LogP contribution is 2.44. The first-order valence-electron chi connectivity index (χ1n) is 11.8. The first kappa shape index (κ1) is 21.9. The second-order valence-electron chi connectivity index (χ2n) is 9.07. The molecule has 1 aromatic carbocycles. The van der Waals surface area contributed by atoms with Gasteiger partial charge in [-0.25, -0.2) is 9.97 Å². The van der Waals surface area contributed by atoms with Crippen molar-refractivity contribution in [3.63, 3.8) is 0 Å². The van der Waals surface area contributed by atoms with Crippen molar-refractivity contribution in [2.45, 2.75) is 24.9 Å². The average Bonchev–Trinajstić information content (AvgIpc) is 3.43. The summed E-state index contributed by atoms with van der Waals surface area (Å²) < 4.78 is 7.67. The van der Waals surface area contributed by atoms with E-state index in [9.17, 15) is 4.79 Å². The van der Waals surface area contributed by atoms with E-state index in [-0.39, 0.29) is 18.0 Å². The van der Waals surface area contributed by atoms with E-state index in [2.05, 4.69) is 54.3 Å². The summed E-state index contributed by atoms with van der Waals surface area (Å²) in [6.07, 6.45) is 5.22. The number of amides is 1. The summed E-state index contributed by atoms with van der Waals surface area (Å²) in [4.78, 5) is 27.2. The molecule has 10 heteroatoms. The lowest BCUT2D eigenvalue weighted by Gasteiger charge is -2.46. The molecular formula is C26H24N8O2. The predicted octanol–water partition coefficient (Wildman–Crippen LogP) is 4.80. The van der Waals surface area contributed by atoms with E-state index in [4.69, 9.17) is 10.3 Å². The Labute approximate surface area is 207 Å². The molecule has 180 valence electrons. The smallest absolute Gasteiger partial charge is 0.255 e. The summed E-state index contributed by atoms with van der Waals surface area (Å²) in [5, 5.41) is 8.21. The quantitative estimate of drug-likeness (QED) is 0.256. The fraction of sp³-hybridized carbons (Fsp3) is 0.269. The number of likely N-dealkylation sites (tertiary alicyclic amines) is 1. The van der Waals surface area contributed by atoms with E-state index < -0.39 is 0 Å². The third kappa shape index (κ3) is 3.50. The zero-order valence-electron chi connectivity index (χ0n) is 19.8. The maximum absolute atomic E-state index is 13.7. The molecule has 0 unspecified atom stereocenters. The van der Waals surface area contributed by atoms with Crippen LogP contribution in [0.25, 0.3) is 27.2 Å². The minimum atomic E-state index is -0.293. The molecule has 0 saturated carbocycles. The van der Waals surface area contributed by atoms with E-state index >= 15 is 0 Å². The zero-order chi connectivity index (χ0) is 24.7. The average molecular weight is 481 g/mol. The molecule has 6 rings (SSSR count). The van der Waals surface area contributed by atoms with Crippen LogP contribution < -0.4 is 10.1 Å². The van der Waals surface area contributed by atoms with Crippen molar-refractivity contribution in [1.82, 2.24) is 19.4 Å². The summed E-state index contributed by atoms with van der Waals surface area (Å²) in [7, 11) is 1.67. The molecule has 0 aliphatic carbocycles. The van der Waals surface area contributed by atoms with Crippen LogP contribution in [0.4, 0.5) is 5.69 Å². The van der Waals surface area contributed by atoms with Crippen LogP contribution in [0.5, 0.6) is 5.75 Å². The molecule has 0 radical (unpaired) electrons. The Morgan fingerprint density at radius 1 is 1.22 bits per heavy atom. The molecule has 1 saturated heterocycles. The van der Waals surface area contributed by atoms with Crippen molar-refractivity contribution >= 4 is 22.6 Å². The number of hydrogen-bond donors (Lipinski definition) is 1. The maximum Gasteiger partial charge on any atom is 0.255 e. The number of nitrogens with one attached hydrogen (secondary N) is 1. The number of anilines is 1. The highest BCUT2D eigenvalue weighted by molar-refractivity contribution is 5.98. The van der Waals surface area contributed by atoms with Crippen LogP contribution in [0.1, 0.15) is 34.6 Å². The van der Waals surface area contributed by atoms with Crippen molar-refractivity contribution < 1.29 is 9.53 Å². The lowest BCUT2D eigenvalue weighted by Crippen LogP contribution is -2.51. The number of nitrogens with zero attached hydrogens (tertiary/aromatic N) is 7. The van der Waals surface area contributed by atoms with Gasteiger partial charge < -0.3 is 19.5 Å². The van der Waals surface area contributed by atoms with Crippen LogP contribution in [-0.4, -0.2) is 45.5 Å². The van der Waals surface area contributed by atoms with Crippen LogP contribution >= 0.6 is 0 Å². The molecule has 0 atom stereocenters. The summed E-state index contributed by atoms with van der Waals surface area (Å²) in [6.45, 7) is 1.14. The fourth-order valence-electron chi connectivity index (χ4n) is 5.34. The van der Waals surface area contributed by atoms with E-state index in [0.717, 1.165) is 35.4 Å². The normalized spacial score (nSPS) is 15.5. The minimum Gasteiger partial charge on any atom is -0.497 e. The van der Waals surface area contributed by atoms with Gasteiger partial charge in [-0.15, -0.1) is 0 Å². The van der Waals surface area contributed by atoms with Crippen LogP contribution in [0.3, 0.4) is 0 Å². The molecule has 1 fully saturated rings. The van der Waals surface area contributed by atoms with E-state index in [1.54, 1.807) is 19.4 Å². The van der Waals surface area contributed by atoms with Gasteiger partial charge in [-0.1, -0.05) is 5.11 Å². The van der Waals surface area contributed by atoms with E-state index in [0.29, 0.717) is 30.0 Å². The molecular weight excluding hydrogens is 456 g/mol. The largest absolute Gasteiger partial charge is 0.497 e. The van der Waals surface area contributed by atoms with Gasteiger partial charge in [0.25, 0.3) is 5.91 Å². The molecule has 36 heavy (non-hydrogen) atoms. The molecule has 5 heterocycles. The third-order valence-electron chi connectivity index (χ3n) is 7.16. The summed E-state index contributed by atoms with van der Waals surface area (Å²) in [6, 6.07) is 15.7. The van der Waals surface area contributed by atoms with Crippen molar-refractivity contribution in [1.29, 1.82) is 0 Å². The lowest BCUT2D eigenvalue weighted by atomic mass is 9.82. The number of benzene rings is 1. The van der Waals surface area contributed by atoms with Gasteiger partial charge in [-0.2, -0.15) is 0 Å². The number of pyridine rings is 2. The van der Waals surface area contributed by atoms with Gasteiger partial charge in [-0.05, 0) is 60.8 Å². The van der Waals surface area contributed by atoms with Crippen LogP contribution in [-0.2, 0) is 12.1 Å². The Balaban J connectivity index is 1.30. The Morgan fingerprint density at radius 3 is 2.89 bits per heavy atom. The summed E-state index contributed by atoms with van der Waals surface area (Å²) in [5.41, 5.74) is 13.2. The highest BCUT2D eigenvalue weighted by Gasteiger charge is 2.42. The SMILES string of the molecule is COc1ccc2c(c1)NC1(CCN(C(=O)c3cc4cccnc4nc3CN=[N+]=[N-])CC1)c1cccn1-2. The molecule has 0 bridgehead atoms. The van der Waals surface area contributed by atoms with Crippen LogP contribution in [0.2, 0.25) is 0 Å². The number of aromatic nitrogens is 3. The van der Waals surface area contributed by atoms with E-state index in [1.807, 2.05) is 29.2 Å². The fourth-order valence-corrected chi connectivity index (χ4v) is 5.34. The Hall–Kier alpha value is -4.56. The number of fused-ring (bicyclic) bond motifs is 5. The number of hydrogen-bond acceptors (Lipinski definition) is 6. The first-order chi connectivity index (χ1) is 17.6. The van der Waals surface area contributed by atoms with Gasteiger partial charge >= 0.3 is 0 Å². The summed E-state index contributed by atoms with van der Waals surface area (Å²) in [5.74, 6) is 0.685. The van der Waals surface area contributed by atoms with E-state index in [1.165, 1.54) is 5.69 Å². The van der Waals surface area contributed by atoms with Gasteiger partial charge in [0.15, 0.2) is 5.65 Å². The van der Waals surface area contributed by atoms with Crippen molar-refractivity contribution in [3.05, 3.63) is 88.3 Å². The highest BCUT2D eigenvalue weighted by atomic mass is 16.5. The Bertz CT molecular complexity index is 1530. The Kier molecular flexibility index (Phi) is 5.23. The number of methoxy groups -OCH3 is 1. The molecule has 3 aromatic heterocycles. The number of carbonyl (C=O) groups excluding carboxylic acids is 1. The van der Waals surface area contributed by atoms with Gasteiger partial charge in [0, 0.05) is 47.5 Å². The Morgan fingerprint density at radius 2 is 2.08 bits per heavy atom. The predicted molar refractivity (Wildman–Crippen MR) is 135 cm³/mol. The number of carbonyl (C=O) groups is 1. The molecule has 2 aliphatic rings. The van der Waals surface area contributed by atoms with Crippen molar-refractivity contribution in [3.8, 4) is 11.4 Å². The molecule has 2 aliphatic heterocycles. The second kappa shape index (κ2) is 8.58. The number of azide groups is 1. The topological polar surface area (TPSA) is 121 Å². The van der Waals surface area contributed by atoms with Crippen LogP contribution in [0, 0.1) is 0 Å². The minimum absolute atomic E-state index is 0.00441. The second-order valence-corrected chi connectivity index (χ2v) is 9.07. The number of rotatable bonds is 4. The van der Waals surface area contributed by atoms with Gasteiger partial charge in [0.05, 0.1) is 41.8 Å². The van der Waals surface area contributed by atoms with Gasteiger partial charge in [-0.3, -0.25) is 4.79 Å². The monoisotopic (exact) mass is 480 g/mol. The number of piperidine rings is 1. The van der Waals surface area contributed by atoms with Gasteiger partial charge in [0.2, 0.25) is 0 Å². The van der Waals surface area contributed by atoms with Crippen molar-refractivity contribution in [2.75, 3.05) is 25.5 Å². The zero-order valence-corrected chi connectivity index (χ0v) is 19.8.